The quantitative estimate of drug-likeness (QED) is 0.713. The number of aromatic nitrogens is 2. The van der Waals surface area contributed by atoms with Gasteiger partial charge in [-0.2, -0.15) is 0 Å². The number of benzene rings is 1. The van der Waals surface area contributed by atoms with E-state index in [0.717, 1.165) is 5.69 Å². The second-order valence-corrected chi connectivity index (χ2v) is 2.74. The van der Waals surface area contributed by atoms with Crippen LogP contribution >= 0.6 is 0 Å². The van der Waals surface area contributed by atoms with Gasteiger partial charge in [0.1, 0.15) is 0 Å². The first-order valence-electron chi connectivity index (χ1n) is 4.14. The highest BCUT2D eigenvalue weighted by atomic mass is 16.5. The van der Waals surface area contributed by atoms with Crippen LogP contribution in [0.25, 0.3) is 11.8 Å². The van der Waals surface area contributed by atoms with Crippen LogP contribution in [-0.2, 0) is 0 Å². The molecule has 0 aliphatic rings. The molecule has 0 bridgehead atoms. The molecule has 0 spiro atoms. The fraction of sp³-hybridized carbons (Fsp3) is 0. The zero-order valence-electron chi connectivity index (χ0n) is 7.43. The number of nitrogens with zero attached hydrogens (tertiary/aromatic N) is 1. The highest BCUT2D eigenvalue weighted by molar-refractivity contribution is 5.36. The molecule has 0 saturated heterocycles. The van der Waals surface area contributed by atoms with Gasteiger partial charge in [0.05, 0.1) is 0 Å². The van der Waals surface area contributed by atoms with E-state index in [1.165, 1.54) is 10.8 Å². The predicted molar refractivity (Wildman–Crippen MR) is 51.0 cm³/mol. The summed E-state index contributed by atoms with van der Waals surface area (Å²) in [5, 5.41) is 2.50. The Bertz CT molecular complexity index is 496. The minimum atomic E-state index is -0.427. The Kier molecular flexibility index (Phi) is 2.02. The molecule has 0 aliphatic carbocycles. The molecule has 4 nitrogen and oxygen atoms in total. The van der Waals surface area contributed by atoms with Crippen LogP contribution in [-0.4, -0.2) is 5.27 Å². The van der Waals surface area contributed by atoms with Crippen molar-refractivity contribution in [3.8, 4) is 5.69 Å². The van der Waals surface area contributed by atoms with Crippen molar-refractivity contribution in [3.05, 3.63) is 53.0 Å². The lowest BCUT2D eigenvalue weighted by Crippen LogP contribution is -2.36. The van der Waals surface area contributed by atoms with E-state index in [9.17, 15) is 4.79 Å². The molecule has 0 fully saturated rings. The lowest BCUT2D eigenvalue weighted by atomic mass is 10.3. The minimum absolute atomic E-state index is 0.385. The number of rotatable bonds is 2. The summed E-state index contributed by atoms with van der Waals surface area (Å²) < 4.78 is 6.19. The molecule has 1 N–H and O–H groups in total. The van der Waals surface area contributed by atoms with E-state index in [1.54, 1.807) is 0 Å². The van der Waals surface area contributed by atoms with Gasteiger partial charge in [-0.3, -0.25) is 4.52 Å². The van der Waals surface area contributed by atoms with Gasteiger partial charge in [-0.25, -0.2) is 4.79 Å². The van der Waals surface area contributed by atoms with Gasteiger partial charge in [-0.15, -0.1) is 0 Å². The largest absolute Gasteiger partial charge is 0.435 e. The Hall–Kier alpha value is -2.10. The molecule has 0 aliphatic heterocycles. The summed E-state index contributed by atoms with van der Waals surface area (Å²) in [5.74, 6) is 0. The molecule has 0 saturated carbocycles. The predicted octanol–water partition coefficient (Wildman–Crippen LogP) is 0.888. The third-order valence-electron chi connectivity index (χ3n) is 1.89. The summed E-state index contributed by atoms with van der Waals surface area (Å²) >= 11 is 0. The zero-order valence-corrected chi connectivity index (χ0v) is 7.43. The third-order valence-corrected chi connectivity index (χ3v) is 1.89. The first-order valence-corrected chi connectivity index (χ1v) is 4.14. The second-order valence-electron chi connectivity index (χ2n) is 2.74. The van der Waals surface area contributed by atoms with E-state index >= 15 is 0 Å². The maximum absolute atomic E-state index is 11.2. The Balaban J connectivity index is 2.63. The molecule has 2 aromatic rings. The molecule has 0 amide bonds. The van der Waals surface area contributed by atoms with Crippen molar-refractivity contribution >= 4 is 6.08 Å². The van der Waals surface area contributed by atoms with E-state index in [1.807, 2.05) is 30.3 Å². The monoisotopic (exact) mass is 189 g/mol. The normalized spacial score (nSPS) is 10.0. The lowest BCUT2D eigenvalue weighted by molar-refractivity contribution is -0.672. The molecular weight excluding hydrogens is 180 g/mol. The van der Waals surface area contributed by atoms with E-state index in [0.29, 0.717) is 5.69 Å². The molecule has 4 heteroatoms. The van der Waals surface area contributed by atoms with Gasteiger partial charge in [0, 0.05) is 18.2 Å². The van der Waals surface area contributed by atoms with Crippen LogP contribution in [0.5, 0.6) is 0 Å². The molecule has 70 valence electrons. The van der Waals surface area contributed by atoms with Crippen LogP contribution in [0.1, 0.15) is 5.69 Å². The highest BCUT2D eigenvalue weighted by Gasteiger charge is 2.18. The summed E-state index contributed by atoms with van der Waals surface area (Å²) in [7, 11) is 0. The van der Waals surface area contributed by atoms with Crippen LogP contribution in [0, 0.1) is 0 Å². The topological polar surface area (TPSA) is 49.9 Å². The molecule has 1 aromatic carbocycles. The van der Waals surface area contributed by atoms with E-state index in [-0.39, 0.29) is 0 Å². The van der Waals surface area contributed by atoms with Gasteiger partial charge in [-0.1, -0.05) is 24.8 Å². The Morgan fingerprint density at radius 3 is 2.71 bits per heavy atom. The number of H-pyrrole nitrogens is 1. The molecule has 2 rings (SSSR count). The van der Waals surface area contributed by atoms with Crippen molar-refractivity contribution < 1.29 is 9.20 Å². The molecular formula is C10H9N2O2+. The summed E-state index contributed by atoms with van der Waals surface area (Å²) in [5.41, 5.74) is 0.785. The van der Waals surface area contributed by atoms with Crippen LogP contribution in [0.2, 0.25) is 0 Å². The van der Waals surface area contributed by atoms with E-state index < -0.39 is 5.63 Å². The van der Waals surface area contributed by atoms with Gasteiger partial charge < -0.3 is 0 Å². The van der Waals surface area contributed by atoms with Gasteiger partial charge in [0.2, 0.25) is 5.69 Å². The molecule has 0 atom stereocenters. The second kappa shape index (κ2) is 3.33. The van der Waals surface area contributed by atoms with Crippen molar-refractivity contribution in [2.75, 3.05) is 0 Å². The Morgan fingerprint density at radius 2 is 2.07 bits per heavy atom. The summed E-state index contributed by atoms with van der Waals surface area (Å²) in [6.45, 7) is 3.55. The Morgan fingerprint density at radius 1 is 1.36 bits per heavy atom. The fourth-order valence-corrected chi connectivity index (χ4v) is 1.22. The van der Waals surface area contributed by atoms with Gasteiger partial charge in [-0.05, 0) is 9.95 Å². The van der Waals surface area contributed by atoms with Crippen LogP contribution < -0.4 is 10.3 Å². The van der Waals surface area contributed by atoms with Crippen molar-refractivity contribution in [2.24, 2.45) is 0 Å². The Labute approximate surface area is 80.1 Å². The highest BCUT2D eigenvalue weighted by Crippen LogP contribution is 1.97. The first-order chi connectivity index (χ1) is 6.83. The van der Waals surface area contributed by atoms with Gasteiger partial charge in [0.25, 0.3) is 0 Å². The molecule has 1 heterocycles. The summed E-state index contributed by atoms with van der Waals surface area (Å²) in [6, 6.07) is 9.37. The van der Waals surface area contributed by atoms with Crippen LogP contribution in [0.15, 0.2) is 46.2 Å². The smallest absolute Gasteiger partial charge is 0.282 e. The molecule has 14 heavy (non-hydrogen) atoms. The number of para-hydroxylation sites is 1. The zero-order chi connectivity index (χ0) is 9.97. The number of nitrogens with one attached hydrogen (secondary N) is 1. The maximum Gasteiger partial charge on any atom is 0.435 e. The van der Waals surface area contributed by atoms with Crippen LogP contribution in [0.3, 0.4) is 0 Å². The van der Waals surface area contributed by atoms with Gasteiger partial charge >= 0.3 is 11.3 Å². The summed E-state index contributed by atoms with van der Waals surface area (Å²) in [4.78, 5) is 11.2. The molecule has 0 radical (unpaired) electrons. The van der Waals surface area contributed by atoms with Crippen molar-refractivity contribution in [2.45, 2.75) is 0 Å². The number of hydrogen-bond acceptors (Lipinski definition) is 2. The fourth-order valence-electron chi connectivity index (χ4n) is 1.22. The van der Waals surface area contributed by atoms with Crippen molar-refractivity contribution in [1.82, 2.24) is 5.27 Å². The number of aromatic amines is 1. The lowest BCUT2D eigenvalue weighted by Gasteiger charge is -1.88. The minimum Gasteiger partial charge on any atom is -0.282 e. The molecule has 0 unspecified atom stereocenters. The number of hydrogen-bond donors (Lipinski definition) is 1. The first kappa shape index (κ1) is 8.50. The van der Waals surface area contributed by atoms with Crippen LogP contribution in [0.4, 0.5) is 0 Å². The SMILES string of the molecule is C=Cc1c(=O)o[nH][n+]1-c1ccccc1. The van der Waals surface area contributed by atoms with E-state index in [4.69, 9.17) is 0 Å². The average Bonchev–Trinajstić information content (AvgIpc) is 2.61. The summed E-state index contributed by atoms with van der Waals surface area (Å²) in [6.07, 6.45) is 1.45. The van der Waals surface area contributed by atoms with Crippen molar-refractivity contribution in [3.63, 3.8) is 0 Å². The standard InChI is InChI=1S/C10H8N2O2/c1-2-9-10(13)14-11-12(9)8-6-4-3-5-7-8/h2-7H,1H2/p+1. The van der Waals surface area contributed by atoms with E-state index in [2.05, 4.69) is 16.4 Å². The van der Waals surface area contributed by atoms with Crippen molar-refractivity contribution in [1.29, 1.82) is 0 Å². The van der Waals surface area contributed by atoms with Gasteiger partial charge in [0.15, 0.2) is 0 Å². The maximum atomic E-state index is 11.2. The average molecular weight is 189 g/mol. The molecule has 1 aromatic heterocycles. The third kappa shape index (κ3) is 1.26.